The van der Waals surface area contributed by atoms with Crippen LogP contribution in [-0.2, 0) is 0 Å². The van der Waals surface area contributed by atoms with Gasteiger partial charge in [-0.3, -0.25) is 0 Å². The van der Waals surface area contributed by atoms with E-state index in [2.05, 4.69) is 214 Å². The molecule has 270 valence electrons. The lowest BCUT2D eigenvalue weighted by Crippen LogP contribution is -1.96. The third-order valence-electron chi connectivity index (χ3n) is 12.2. The normalized spacial score (nSPS) is 12.1. The minimum atomic E-state index is 0.861. The van der Waals surface area contributed by atoms with Crippen LogP contribution < -0.4 is 0 Å². The Morgan fingerprint density at radius 2 is 0.741 bits per heavy atom. The molecule has 58 heavy (non-hydrogen) atoms. The van der Waals surface area contributed by atoms with Crippen molar-refractivity contribution in [2.75, 3.05) is 0 Å². The summed E-state index contributed by atoms with van der Waals surface area (Å²) in [5.74, 6) is 0. The van der Waals surface area contributed by atoms with Gasteiger partial charge in [0.25, 0.3) is 0 Å². The Balaban J connectivity index is 1.12. The monoisotopic (exact) mass is 739 g/mol. The van der Waals surface area contributed by atoms with Gasteiger partial charge in [-0.2, -0.15) is 0 Å². The predicted octanol–water partition coefficient (Wildman–Crippen LogP) is 14.5. The van der Waals surface area contributed by atoms with E-state index in [0.29, 0.717) is 0 Å². The molecule has 0 saturated carbocycles. The molecular formula is C54H33N3O. The van der Waals surface area contributed by atoms with E-state index in [0.717, 1.165) is 61.2 Å². The average Bonchev–Trinajstić information content (AvgIpc) is 4.02. The third kappa shape index (κ3) is 4.34. The summed E-state index contributed by atoms with van der Waals surface area (Å²) in [4.78, 5) is 0. The number of nitrogens with zero attached hydrogens (tertiary/aromatic N) is 3. The summed E-state index contributed by atoms with van der Waals surface area (Å²) in [6.45, 7) is 0. The lowest BCUT2D eigenvalue weighted by molar-refractivity contribution is 0.666. The summed E-state index contributed by atoms with van der Waals surface area (Å²) in [5.41, 5.74) is 14.3. The van der Waals surface area contributed by atoms with Gasteiger partial charge in [-0.25, -0.2) is 0 Å². The van der Waals surface area contributed by atoms with Crippen molar-refractivity contribution in [2.45, 2.75) is 0 Å². The molecule has 0 fully saturated rings. The third-order valence-corrected chi connectivity index (χ3v) is 12.2. The van der Waals surface area contributed by atoms with Gasteiger partial charge < -0.3 is 18.1 Å². The number of furan rings is 1. The summed E-state index contributed by atoms with van der Waals surface area (Å²) < 4.78 is 14.1. The molecule has 4 aromatic heterocycles. The number of fused-ring (bicyclic) bond motifs is 12. The molecule has 0 spiro atoms. The van der Waals surface area contributed by atoms with Crippen LogP contribution in [0.25, 0.3) is 116 Å². The lowest BCUT2D eigenvalue weighted by Gasteiger charge is -2.12. The molecule has 0 aliphatic carbocycles. The maximum atomic E-state index is 6.99. The Morgan fingerprint density at radius 3 is 1.33 bits per heavy atom. The van der Waals surface area contributed by atoms with E-state index in [1.807, 2.05) is 0 Å². The molecule has 4 nitrogen and oxygen atoms in total. The molecule has 0 radical (unpaired) electrons. The highest BCUT2D eigenvalue weighted by atomic mass is 16.3. The quantitative estimate of drug-likeness (QED) is 0.177. The van der Waals surface area contributed by atoms with Crippen LogP contribution in [-0.4, -0.2) is 13.7 Å². The second-order valence-electron chi connectivity index (χ2n) is 15.3. The fraction of sp³-hybridized carbons (Fsp3) is 0. The van der Waals surface area contributed by atoms with E-state index >= 15 is 0 Å². The maximum absolute atomic E-state index is 6.99. The molecule has 0 aliphatic heterocycles. The first-order valence-electron chi connectivity index (χ1n) is 19.8. The highest BCUT2D eigenvalue weighted by Crippen LogP contribution is 2.43. The number of rotatable bonds is 4. The summed E-state index contributed by atoms with van der Waals surface area (Å²) in [7, 11) is 0. The SMILES string of the molecule is c1ccc(-n2c3ccccc3c3cc(-c4cc(-n5c6ccccc6c6ccccc65)c5oc6ccc(-n7c8ccccc8c8ccccc87)cc6c5c4)ccc32)cc1. The van der Waals surface area contributed by atoms with Crippen molar-refractivity contribution in [3.05, 3.63) is 200 Å². The summed E-state index contributed by atoms with van der Waals surface area (Å²) in [6, 6.07) is 72.5. The highest BCUT2D eigenvalue weighted by molar-refractivity contribution is 6.16. The molecule has 0 bridgehead atoms. The van der Waals surface area contributed by atoms with Gasteiger partial charge in [0.15, 0.2) is 5.58 Å². The van der Waals surface area contributed by atoms with Crippen LogP contribution in [0.2, 0.25) is 0 Å². The van der Waals surface area contributed by atoms with Crippen LogP contribution >= 0.6 is 0 Å². The Hall–Kier alpha value is -7.82. The van der Waals surface area contributed by atoms with Crippen molar-refractivity contribution in [1.29, 1.82) is 0 Å². The Kier molecular flexibility index (Phi) is 6.41. The second kappa shape index (κ2) is 11.8. The van der Waals surface area contributed by atoms with Crippen molar-refractivity contribution in [1.82, 2.24) is 13.7 Å². The molecule has 0 N–H and O–H groups in total. The zero-order chi connectivity index (χ0) is 37.9. The van der Waals surface area contributed by atoms with Gasteiger partial charge in [0, 0.05) is 54.5 Å². The number of aromatic nitrogens is 3. The fourth-order valence-electron chi connectivity index (χ4n) is 9.71. The second-order valence-corrected chi connectivity index (χ2v) is 15.3. The van der Waals surface area contributed by atoms with Crippen LogP contribution in [0.3, 0.4) is 0 Å². The number of hydrogen-bond donors (Lipinski definition) is 0. The van der Waals surface area contributed by atoms with Gasteiger partial charge in [0.05, 0.1) is 38.8 Å². The number of benzene rings is 9. The van der Waals surface area contributed by atoms with Gasteiger partial charge in [0.2, 0.25) is 0 Å². The van der Waals surface area contributed by atoms with Gasteiger partial charge >= 0.3 is 0 Å². The van der Waals surface area contributed by atoms with Crippen LogP contribution in [0.1, 0.15) is 0 Å². The largest absolute Gasteiger partial charge is 0.454 e. The molecule has 9 aromatic carbocycles. The lowest BCUT2D eigenvalue weighted by atomic mass is 9.99. The molecule has 13 rings (SSSR count). The molecule has 0 atom stereocenters. The van der Waals surface area contributed by atoms with Crippen molar-refractivity contribution < 1.29 is 4.42 Å². The smallest absolute Gasteiger partial charge is 0.159 e. The molecule has 0 amide bonds. The first-order chi connectivity index (χ1) is 28.8. The Labute approximate surface area is 332 Å². The molecule has 13 aromatic rings. The molecule has 0 aliphatic rings. The van der Waals surface area contributed by atoms with Crippen molar-refractivity contribution >= 4 is 87.4 Å². The van der Waals surface area contributed by atoms with Crippen molar-refractivity contribution in [2.24, 2.45) is 0 Å². The van der Waals surface area contributed by atoms with E-state index in [9.17, 15) is 0 Å². The summed E-state index contributed by atoms with van der Waals surface area (Å²) >= 11 is 0. The highest BCUT2D eigenvalue weighted by Gasteiger charge is 2.21. The Bertz CT molecular complexity index is 3690. The first-order valence-corrected chi connectivity index (χ1v) is 19.8. The molecule has 4 heteroatoms. The first kappa shape index (κ1) is 31.4. The Morgan fingerprint density at radius 1 is 0.276 bits per heavy atom. The predicted molar refractivity (Wildman–Crippen MR) is 242 cm³/mol. The van der Waals surface area contributed by atoms with Crippen molar-refractivity contribution in [3.63, 3.8) is 0 Å². The van der Waals surface area contributed by atoms with E-state index in [4.69, 9.17) is 4.42 Å². The zero-order valence-corrected chi connectivity index (χ0v) is 31.3. The van der Waals surface area contributed by atoms with E-state index in [1.165, 1.54) is 54.4 Å². The zero-order valence-electron chi connectivity index (χ0n) is 31.3. The number of hydrogen-bond acceptors (Lipinski definition) is 1. The van der Waals surface area contributed by atoms with E-state index in [-0.39, 0.29) is 0 Å². The van der Waals surface area contributed by atoms with E-state index in [1.54, 1.807) is 0 Å². The van der Waals surface area contributed by atoms with Crippen LogP contribution in [0.5, 0.6) is 0 Å². The minimum Gasteiger partial charge on any atom is -0.454 e. The molecule has 0 saturated heterocycles. The standard InChI is InChI=1S/C54H33N3O/c1-2-14-36(15-3-1)55-48-23-11-8-20-42(48)43-30-34(26-28-51(43)55)35-31-45-44-33-37(56-46-21-9-4-16-38(46)39-17-5-10-22-47(39)56)27-29-53(44)58-54(45)52(32-35)57-49-24-12-6-18-40(49)41-19-7-13-25-50(41)57/h1-33H. The molecule has 0 unspecified atom stereocenters. The summed E-state index contributed by atoms with van der Waals surface area (Å²) in [6.07, 6.45) is 0. The fourth-order valence-corrected chi connectivity index (χ4v) is 9.71. The topological polar surface area (TPSA) is 27.9 Å². The van der Waals surface area contributed by atoms with E-state index < -0.39 is 0 Å². The summed E-state index contributed by atoms with van der Waals surface area (Å²) in [5, 5.41) is 9.55. The number of para-hydroxylation sites is 6. The van der Waals surface area contributed by atoms with Crippen LogP contribution in [0.4, 0.5) is 0 Å². The van der Waals surface area contributed by atoms with Crippen LogP contribution in [0.15, 0.2) is 205 Å². The van der Waals surface area contributed by atoms with Crippen molar-refractivity contribution in [3.8, 4) is 28.2 Å². The van der Waals surface area contributed by atoms with Gasteiger partial charge in [0.1, 0.15) is 5.58 Å². The van der Waals surface area contributed by atoms with Gasteiger partial charge in [-0.1, -0.05) is 115 Å². The van der Waals surface area contributed by atoms with Gasteiger partial charge in [-0.15, -0.1) is 0 Å². The van der Waals surface area contributed by atoms with Crippen LogP contribution in [0, 0.1) is 0 Å². The molecule has 4 heterocycles. The van der Waals surface area contributed by atoms with Gasteiger partial charge in [-0.05, 0) is 96.1 Å². The minimum absolute atomic E-state index is 0.861. The molecular weight excluding hydrogens is 707 g/mol. The average molecular weight is 740 g/mol. The maximum Gasteiger partial charge on any atom is 0.159 e.